The van der Waals surface area contributed by atoms with Crippen molar-refractivity contribution in [2.24, 2.45) is 0 Å². The summed E-state index contributed by atoms with van der Waals surface area (Å²) in [6.07, 6.45) is 0. The highest BCUT2D eigenvalue weighted by atomic mass is 32.2. The third kappa shape index (κ3) is 3.48. The standard InChI is InChI=1S/C14H14FNO3S/c1-19-14-9-5-4-8-13(14)16-20(17,18)10-11-6-2-3-7-12(11)15/h2-9,16H,10H2,1H3. The van der Waals surface area contributed by atoms with Crippen LogP contribution in [0.3, 0.4) is 0 Å². The Morgan fingerprint density at radius 1 is 1.10 bits per heavy atom. The number of hydrogen-bond acceptors (Lipinski definition) is 3. The van der Waals surface area contributed by atoms with Gasteiger partial charge >= 0.3 is 0 Å². The van der Waals surface area contributed by atoms with Crippen LogP contribution in [0, 0.1) is 5.82 Å². The number of rotatable bonds is 5. The summed E-state index contributed by atoms with van der Waals surface area (Å²) in [6.45, 7) is 0. The van der Waals surface area contributed by atoms with Crippen LogP contribution in [0.25, 0.3) is 0 Å². The number of nitrogens with one attached hydrogen (secondary N) is 1. The first-order valence-corrected chi connectivity index (χ1v) is 7.54. The second-order valence-corrected chi connectivity index (χ2v) is 5.88. The quantitative estimate of drug-likeness (QED) is 0.923. The highest BCUT2D eigenvalue weighted by molar-refractivity contribution is 7.91. The molecule has 6 heteroatoms. The molecule has 2 aromatic carbocycles. The highest BCUT2D eigenvalue weighted by Gasteiger charge is 2.16. The van der Waals surface area contributed by atoms with Gasteiger partial charge in [0.05, 0.1) is 18.6 Å². The van der Waals surface area contributed by atoms with E-state index in [1.165, 1.54) is 25.3 Å². The molecule has 0 aromatic heterocycles. The molecule has 0 aliphatic carbocycles. The Bertz CT molecular complexity index is 701. The number of halogens is 1. The van der Waals surface area contributed by atoms with Crippen molar-refractivity contribution in [3.8, 4) is 5.75 Å². The number of benzene rings is 2. The second-order valence-electron chi connectivity index (χ2n) is 4.15. The predicted octanol–water partition coefficient (Wildman–Crippen LogP) is 2.78. The molecule has 2 aromatic rings. The Kier molecular flexibility index (Phi) is 4.24. The van der Waals surface area contributed by atoms with Gasteiger partial charge in [-0.25, -0.2) is 12.8 Å². The molecule has 20 heavy (non-hydrogen) atoms. The van der Waals surface area contributed by atoms with Crippen molar-refractivity contribution >= 4 is 15.7 Å². The van der Waals surface area contributed by atoms with Gasteiger partial charge < -0.3 is 4.74 Å². The number of para-hydroxylation sites is 2. The monoisotopic (exact) mass is 295 g/mol. The first-order chi connectivity index (χ1) is 9.52. The lowest BCUT2D eigenvalue weighted by Crippen LogP contribution is -2.16. The van der Waals surface area contributed by atoms with Gasteiger partial charge in [0.25, 0.3) is 0 Å². The normalized spacial score (nSPS) is 11.1. The van der Waals surface area contributed by atoms with Gasteiger partial charge in [-0.1, -0.05) is 30.3 Å². The van der Waals surface area contributed by atoms with E-state index in [-0.39, 0.29) is 5.56 Å². The van der Waals surface area contributed by atoms with E-state index in [0.29, 0.717) is 11.4 Å². The van der Waals surface area contributed by atoms with Gasteiger partial charge in [0, 0.05) is 5.56 Å². The third-order valence-electron chi connectivity index (χ3n) is 2.68. The molecule has 0 spiro atoms. The molecule has 0 radical (unpaired) electrons. The van der Waals surface area contributed by atoms with Crippen LogP contribution in [0.2, 0.25) is 0 Å². The molecule has 0 heterocycles. The highest BCUT2D eigenvalue weighted by Crippen LogP contribution is 2.25. The molecule has 0 aliphatic heterocycles. The average Bonchev–Trinajstić information content (AvgIpc) is 2.41. The Labute approximate surface area is 117 Å². The Morgan fingerprint density at radius 3 is 2.45 bits per heavy atom. The van der Waals surface area contributed by atoms with Gasteiger partial charge in [0.2, 0.25) is 10.0 Å². The molecule has 1 N–H and O–H groups in total. The number of hydrogen-bond donors (Lipinski definition) is 1. The maximum absolute atomic E-state index is 13.5. The first-order valence-electron chi connectivity index (χ1n) is 5.89. The summed E-state index contributed by atoms with van der Waals surface area (Å²) >= 11 is 0. The molecule has 0 aliphatic rings. The Morgan fingerprint density at radius 2 is 1.75 bits per heavy atom. The topological polar surface area (TPSA) is 55.4 Å². The van der Waals surface area contributed by atoms with Crippen molar-refractivity contribution in [2.45, 2.75) is 5.75 Å². The molecule has 0 amide bonds. The number of ether oxygens (including phenoxy) is 1. The molecule has 0 fully saturated rings. The Hall–Kier alpha value is -2.08. The van der Waals surface area contributed by atoms with Crippen LogP contribution >= 0.6 is 0 Å². The lowest BCUT2D eigenvalue weighted by Gasteiger charge is -2.11. The predicted molar refractivity (Wildman–Crippen MR) is 75.6 cm³/mol. The number of methoxy groups -OCH3 is 1. The van der Waals surface area contributed by atoms with E-state index >= 15 is 0 Å². The second kappa shape index (κ2) is 5.92. The molecule has 106 valence electrons. The summed E-state index contributed by atoms with van der Waals surface area (Å²) in [4.78, 5) is 0. The van der Waals surface area contributed by atoms with E-state index < -0.39 is 21.6 Å². The zero-order valence-corrected chi connectivity index (χ0v) is 11.7. The summed E-state index contributed by atoms with van der Waals surface area (Å²) in [5.74, 6) is -0.569. The van der Waals surface area contributed by atoms with E-state index in [9.17, 15) is 12.8 Å². The molecule has 4 nitrogen and oxygen atoms in total. The van der Waals surface area contributed by atoms with Gasteiger partial charge in [-0.15, -0.1) is 0 Å². The van der Waals surface area contributed by atoms with Crippen LogP contribution < -0.4 is 9.46 Å². The van der Waals surface area contributed by atoms with Crippen molar-refractivity contribution in [3.63, 3.8) is 0 Å². The van der Waals surface area contributed by atoms with E-state index in [2.05, 4.69) is 4.72 Å². The van der Waals surface area contributed by atoms with Crippen molar-refractivity contribution in [1.29, 1.82) is 0 Å². The summed E-state index contributed by atoms with van der Waals surface area (Å²) in [5.41, 5.74) is 0.446. The van der Waals surface area contributed by atoms with Gasteiger partial charge in [0.15, 0.2) is 0 Å². The van der Waals surface area contributed by atoms with Crippen LogP contribution in [0.15, 0.2) is 48.5 Å². The lowest BCUT2D eigenvalue weighted by atomic mass is 10.2. The molecule has 0 bridgehead atoms. The summed E-state index contributed by atoms with van der Waals surface area (Å²) in [7, 11) is -2.26. The van der Waals surface area contributed by atoms with E-state index in [0.717, 1.165) is 0 Å². The van der Waals surface area contributed by atoms with E-state index in [1.807, 2.05) is 0 Å². The van der Waals surface area contributed by atoms with Crippen molar-refractivity contribution in [3.05, 3.63) is 59.9 Å². The molecule has 0 saturated heterocycles. The lowest BCUT2D eigenvalue weighted by molar-refractivity contribution is 0.417. The minimum Gasteiger partial charge on any atom is -0.495 e. The van der Waals surface area contributed by atoms with E-state index in [1.54, 1.807) is 30.3 Å². The zero-order valence-electron chi connectivity index (χ0n) is 10.8. The maximum atomic E-state index is 13.5. The summed E-state index contributed by atoms with van der Waals surface area (Å²) < 4.78 is 45.1. The molecule has 2 rings (SSSR count). The van der Waals surface area contributed by atoms with Crippen LogP contribution in [0.4, 0.5) is 10.1 Å². The molecule has 0 unspecified atom stereocenters. The Balaban J connectivity index is 2.22. The SMILES string of the molecule is COc1ccccc1NS(=O)(=O)Cc1ccccc1F. The van der Waals surface area contributed by atoms with Gasteiger partial charge in [-0.3, -0.25) is 4.72 Å². The van der Waals surface area contributed by atoms with Gasteiger partial charge in [-0.05, 0) is 18.2 Å². The molecular weight excluding hydrogens is 281 g/mol. The molecule has 0 saturated carbocycles. The summed E-state index contributed by atoms with van der Waals surface area (Å²) in [6, 6.07) is 12.4. The van der Waals surface area contributed by atoms with Crippen LogP contribution in [0.1, 0.15) is 5.56 Å². The van der Waals surface area contributed by atoms with Crippen molar-refractivity contribution in [1.82, 2.24) is 0 Å². The average molecular weight is 295 g/mol. The molecular formula is C14H14FNO3S. The molecule has 0 atom stereocenters. The fraction of sp³-hybridized carbons (Fsp3) is 0.143. The van der Waals surface area contributed by atoms with Crippen LogP contribution in [0.5, 0.6) is 5.75 Å². The maximum Gasteiger partial charge on any atom is 0.237 e. The minimum atomic E-state index is -3.71. The zero-order chi connectivity index (χ0) is 14.6. The third-order valence-corrected chi connectivity index (χ3v) is 3.90. The number of anilines is 1. The smallest absolute Gasteiger partial charge is 0.237 e. The number of sulfonamides is 1. The largest absolute Gasteiger partial charge is 0.495 e. The van der Waals surface area contributed by atoms with Gasteiger partial charge in [0.1, 0.15) is 11.6 Å². The van der Waals surface area contributed by atoms with Gasteiger partial charge in [-0.2, -0.15) is 0 Å². The van der Waals surface area contributed by atoms with Crippen molar-refractivity contribution in [2.75, 3.05) is 11.8 Å². The van der Waals surface area contributed by atoms with Crippen LogP contribution in [-0.4, -0.2) is 15.5 Å². The fourth-order valence-electron chi connectivity index (χ4n) is 1.75. The van der Waals surface area contributed by atoms with E-state index in [4.69, 9.17) is 4.74 Å². The first kappa shape index (κ1) is 14.3. The minimum absolute atomic E-state index is 0.120. The van der Waals surface area contributed by atoms with Crippen LogP contribution in [-0.2, 0) is 15.8 Å². The summed E-state index contributed by atoms with van der Waals surface area (Å²) in [5, 5.41) is 0. The van der Waals surface area contributed by atoms with Crippen molar-refractivity contribution < 1.29 is 17.5 Å². The fourth-order valence-corrected chi connectivity index (χ4v) is 2.97.